The van der Waals surface area contributed by atoms with Gasteiger partial charge in [-0.1, -0.05) is 36.4 Å². The lowest BCUT2D eigenvalue weighted by molar-refractivity contribution is 0.0746. The van der Waals surface area contributed by atoms with Gasteiger partial charge in [-0.3, -0.25) is 4.79 Å². The number of amides is 1. The maximum Gasteiger partial charge on any atom is 0.253 e. The Morgan fingerprint density at radius 3 is 2.29 bits per heavy atom. The van der Waals surface area contributed by atoms with Gasteiger partial charge in [0, 0.05) is 43.0 Å². The van der Waals surface area contributed by atoms with E-state index in [0.29, 0.717) is 25.3 Å². The lowest BCUT2D eigenvalue weighted by Crippen LogP contribution is -2.48. The van der Waals surface area contributed by atoms with Crippen molar-refractivity contribution in [3.63, 3.8) is 0 Å². The van der Waals surface area contributed by atoms with Crippen LogP contribution in [0.1, 0.15) is 21.5 Å². The fourth-order valence-electron chi connectivity index (χ4n) is 3.89. The van der Waals surface area contributed by atoms with Crippen molar-refractivity contribution in [2.24, 2.45) is 0 Å². The normalized spacial score (nSPS) is 13.7. The summed E-state index contributed by atoms with van der Waals surface area (Å²) in [4.78, 5) is 17.4. The number of rotatable bonds is 6. The molecule has 31 heavy (non-hydrogen) atoms. The Kier molecular flexibility index (Phi) is 6.41. The van der Waals surface area contributed by atoms with Crippen molar-refractivity contribution in [2.45, 2.75) is 13.5 Å². The van der Waals surface area contributed by atoms with Crippen LogP contribution in [-0.4, -0.2) is 44.1 Å². The first-order valence-corrected chi connectivity index (χ1v) is 10.6. The van der Waals surface area contributed by atoms with Crippen molar-refractivity contribution in [1.29, 1.82) is 0 Å². The molecule has 1 amide bonds. The first kappa shape index (κ1) is 20.8. The zero-order chi connectivity index (χ0) is 21.6. The number of benzene rings is 3. The molecule has 0 unspecified atom stereocenters. The van der Waals surface area contributed by atoms with Crippen LogP contribution in [0.2, 0.25) is 0 Å². The van der Waals surface area contributed by atoms with E-state index in [1.165, 1.54) is 5.69 Å². The highest BCUT2D eigenvalue weighted by Gasteiger charge is 2.23. The molecule has 1 heterocycles. The third-order valence-electron chi connectivity index (χ3n) is 5.69. The van der Waals surface area contributed by atoms with Crippen LogP contribution in [0, 0.1) is 6.92 Å². The molecule has 1 fully saturated rings. The van der Waals surface area contributed by atoms with Gasteiger partial charge in [-0.2, -0.15) is 0 Å². The number of para-hydroxylation sites is 2. The Labute approximate surface area is 183 Å². The summed E-state index contributed by atoms with van der Waals surface area (Å²) in [6.07, 6.45) is 0. The van der Waals surface area contributed by atoms with Crippen molar-refractivity contribution in [1.82, 2.24) is 4.90 Å². The van der Waals surface area contributed by atoms with Gasteiger partial charge in [0.1, 0.15) is 18.1 Å². The number of nitrogens with zero attached hydrogens (tertiary/aromatic N) is 2. The summed E-state index contributed by atoms with van der Waals surface area (Å²) >= 11 is 0. The maximum absolute atomic E-state index is 13.1. The van der Waals surface area contributed by atoms with E-state index in [1.807, 2.05) is 72.5 Å². The second-order valence-corrected chi connectivity index (χ2v) is 7.70. The zero-order valence-electron chi connectivity index (χ0n) is 18.1. The molecule has 0 saturated carbocycles. The molecule has 3 aromatic carbocycles. The first-order chi connectivity index (χ1) is 15.2. The predicted molar refractivity (Wildman–Crippen MR) is 123 cm³/mol. The van der Waals surface area contributed by atoms with E-state index < -0.39 is 0 Å². The summed E-state index contributed by atoms with van der Waals surface area (Å²) in [5.74, 6) is 1.60. The van der Waals surface area contributed by atoms with Gasteiger partial charge in [0.15, 0.2) is 0 Å². The maximum atomic E-state index is 13.1. The number of carbonyl (C=O) groups is 1. The van der Waals surface area contributed by atoms with E-state index in [9.17, 15) is 4.79 Å². The third kappa shape index (κ3) is 4.82. The molecule has 0 spiro atoms. The van der Waals surface area contributed by atoms with Crippen molar-refractivity contribution in [3.8, 4) is 11.5 Å². The molecule has 0 N–H and O–H groups in total. The van der Waals surface area contributed by atoms with Crippen molar-refractivity contribution in [2.75, 3.05) is 38.2 Å². The monoisotopic (exact) mass is 416 g/mol. The van der Waals surface area contributed by atoms with Gasteiger partial charge >= 0.3 is 0 Å². The fourth-order valence-corrected chi connectivity index (χ4v) is 3.89. The summed E-state index contributed by atoms with van der Waals surface area (Å²) in [6.45, 7) is 5.42. The number of anilines is 1. The van der Waals surface area contributed by atoms with Crippen LogP contribution >= 0.6 is 0 Å². The largest absolute Gasteiger partial charge is 0.496 e. The van der Waals surface area contributed by atoms with E-state index in [2.05, 4.69) is 17.0 Å². The summed E-state index contributed by atoms with van der Waals surface area (Å²) in [5.41, 5.74) is 3.80. The Hall–Kier alpha value is -3.47. The molecule has 0 bridgehead atoms. The molecule has 1 saturated heterocycles. The molecule has 0 aliphatic carbocycles. The zero-order valence-corrected chi connectivity index (χ0v) is 18.1. The highest BCUT2D eigenvalue weighted by Crippen LogP contribution is 2.25. The number of ether oxygens (including phenoxy) is 2. The third-order valence-corrected chi connectivity index (χ3v) is 5.69. The molecule has 4 rings (SSSR count). The summed E-state index contributed by atoms with van der Waals surface area (Å²) in [5, 5.41) is 0. The van der Waals surface area contributed by atoms with Gasteiger partial charge in [-0.25, -0.2) is 0 Å². The minimum atomic E-state index is 0.0486. The van der Waals surface area contributed by atoms with E-state index in [4.69, 9.17) is 9.47 Å². The predicted octanol–water partition coefficient (Wildman–Crippen LogP) is 4.55. The van der Waals surface area contributed by atoms with Gasteiger partial charge < -0.3 is 19.3 Å². The van der Waals surface area contributed by atoms with Crippen LogP contribution in [0.3, 0.4) is 0 Å². The van der Waals surface area contributed by atoms with Gasteiger partial charge in [0.25, 0.3) is 5.91 Å². The first-order valence-electron chi connectivity index (χ1n) is 10.6. The van der Waals surface area contributed by atoms with Gasteiger partial charge in [0.05, 0.1) is 7.11 Å². The molecule has 0 atom stereocenters. The van der Waals surface area contributed by atoms with Crippen molar-refractivity contribution >= 4 is 11.6 Å². The molecule has 0 aromatic heterocycles. The van der Waals surface area contributed by atoms with Crippen LogP contribution in [0.25, 0.3) is 0 Å². The van der Waals surface area contributed by atoms with Gasteiger partial charge in [0.2, 0.25) is 0 Å². The molecule has 3 aromatic rings. The molecule has 0 radical (unpaired) electrons. The summed E-state index contributed by atoms with van der Waals surface area (Å²) < 4.78 is 11.5. The quantitative estimate of drug-likeness (QED) is 0.591. The number of methoxy groups -OCH3 is 1. The number of carbonyl (C=O) groups excluding carboxylic acids is 1. The topological polar surface area (TPSA) is 42.0 Å². The SMILES string of the molecule is COc1ccc(C(=O)N2CCN(c3ccccc3)CC2)cc1COc1ccccc1C. The van der Waals surface area contributed by atoms with Crippen LogP contribution in [-0.2, 0) is 6.61 Å². The number of piperazine rings is 1. The molecule has 5 heteroatoms. The van der Waals surface area contributed by atoms with E-state index in [-0.39, 0.29) is 5.91 Å². The minimum Gasteiger partial charge on any atom is -0.496 e. The van der Waals surface area contributed by atoms with Crippen molar-refractivity contribution < 1.29 is 14.3 Å². The van der Waals surface area contributed by atoms with Gasteiger partial charge in [-0.15, -0.1) is 0 Å². The molecule has 160 valence electrons. The Balaban J connectivity index is 1.44. The fraction of sp³-hybridized carbons (Fsp3) is 0.269. The van der Waals surface area contributed by atoms with Crippen LogP contribution in [0.4, 0.5) is 5.69 Å². The highest BCUT2D eigenvalue weighted by molar-refractivity contribution is 5.94. The smallest absolute Gasteiger partial charge is 0.253 e. The summed E-state index contributed by atoms with van der Waals surface area (Å²) in [7, 11) is 1.64. The Morgan fingerprint density at radius 1 is 0.871 bits per heavy atom. The van der Waals surface area contributed by atoms with E-state index in [0.717, 1.165) is 35.7 Å². The van der Waals surface area contributed by atoms with Gasteiger partial charge in [-0.05, 0) is 48.9 Å². The minimum absolute atomic E-state index is 0.0486. The second-order valence-electron chi connectivity index (χ2n) is 7.70. The van der Waals surface area contributed by atoms with E-state index in [1.54, 1.807) is 7.11 Å². The van der Waals surface area contributed by atoms with Crippen LogP contribution < -0.4 is 14.4 Å². The van der Waals surface area contributed by atoms with E-state index >= 15 is 0 Å². The molecule has 1 aliphatic heterocycles. The highest BCUT2D eigenvalue weighted by atomic mass is 16.5. The lowest BCUT2D eigenvalue weighted by Gasteiger charge is -2.36. The lowest BCUT2D eigenvalue weighted by atomic mass is 10.1. The molecule has 1 aliphatic rings. The number of aryl methyl sites for hydroxylation is 1. The van der Waals surface area contributed by atoms with Crippen molar-refractivity contribution in [3.05, 3.63) is 89.5 Å². The van der Waals surface area contributed by atoms with Crippen LogP contribution in [0.15, 0.2) is 72.8 Å². The molecular formula is C26H28N2O3. The standard InChI is InChI=1S/C26H28N2O3/c1-20-8-6-7-11-24(20)31-19-22-18-21(12-13-25(22)30-2)26(29)28-16-14-27(15-17-28)23-9-4-3-5-10-23/h3-13,18H,14-17,19H2,1-2H3. The average molecular weight is 417 g/mol. The number of hydrogen-bond acceptors (Lipinski definition) is 4. The Bertz CT molecular complexity index is 1030. The average Bonchev–Trinajstić information content (AvgIpc) is 2.83. The second kappa shape index (κ2) is 9.56. The number of hydrogen-bond donors (Lipinski definition) is 0. The molecular weight excluding hydrogens is 388 g/mol. The Morgan fingerprint density at radius 2 is 1.58 bits per heavy atom. The molecule has 5 nitrogen and oxygen atoms in total. The summed E-state index contributed by atoms with van der Waals surface area (Å²) in [6, 6.07) is 23.8. The van der Waals surface area contributed by atoms with Crippen LogP contribution in [0.5, 0.6) is 11.5 Å².